The van der Waals surface area contributed by atoms with Crippen LogP contribution in [0.2, 0.25) is 0 Å². The van der Waals surface area contributed by atoms with Crippen LogP contribution in [0.25, 0.3) is 22.5 Å². The lowest BCUT2D eigenvalue weighted by Gasteiger charge is -1.99. The standard InChI is InChI=1S/2C11H12N2/c1-9-8-11(12-13(9)2)10-6-4-3-5-7-10;1-9-8-11(13(2)12-9)10-6-4-3-5-7-10/h2*3-8H,1-2H3. The third-order valence-corrected chi connectivity index (χ3v) is 4.25. The predicted molar refractivity (Wildman–Crippen MR) is 107 cm³/mol. The van der Waals surface area contributed by atoms with Gasteiger partial charge in [0.1, 0.15) is 0 Å². The first-order valence-electron chi connectivity index (χ1n) is 8.66. The highest BCUT2D eigenvalue weighted by Crippen LogP contribution is 2.19. The Morgan fingerprint density at radius 1 is 0.654 bits per heavy atom. The van der Waals surface area contributed by atoms with Crippen LogP contribution in [0.3, 0.4) is 0 Å². The van der Waals surface area contributed by atoms with Crippen molar-refractivity contribution < 1.29 is 0 Å². The van der Waals surface area contributed by atoms with Crippen LogP contribution in [0.1, 0.15) is 11.4 Å². The van der Waals surface area contributed by atoms with Crippen LogP contribution in [0, 0.1) is 13.8 Å². The first-order valence-corrected chi connectivity index (χ1v) is 8.66. The number of hydrogen-bond donors (Lipinski definition) is 0. The molecule has 0 N–H and O–H groups in total. The Hall–Kier alpha value is -3.14. The average Bonchev–Trinajstić information content (AvgIpc) is 3.18. The molecule has 4 aromatic rings. The Morgan fingerprint density at radius 2 is 1.23 bits per heavy atom. The van der Waals surface area contributed by atoms with Gasteiger partial charge in [-0.25, -0.2) is 0 Å². The van der Waals surface area contributed by atoms with Crippen molar-refractivity contribution in [2.75, 3.05) is 0 Å². The van der Waals surface area contributed by atoms with Crippen LogP contribution < -0.4 is 0 Å². The number of benzene rings is 2. The van der Waals surface area contributed by atoms with E-state index in [4.69, 9.17) is 0 Å². The third kappa shape index (κ3) is 4.09. The average molecular weight is 344 g/mol. The number of aryl methyl sites for hydroxylation is 4. The van der Waals surface area contributed by atoms with E-state index in [-0.39, 0.29) is 0 Å². The molecule has 0 atom stereocenters. The molecule has 0 saturated heterocycles. The quantitative estimate of drug-likeness (QED) is 0.524. The number of aromatic nitrogens is 4. The summed E-state index contributed by atoms with van der Waals surface area (Å²) in [6.07, 6.45) is 0. The van der Waals surface area contributed by atoms with Crippen molar-refractivity contribution >= 4 is 0 Å². The maximum atomic E-state index is 4.40. The number of nitrogens with zero attached hydrogens (tertiary/aromatic N) is 4. The van der Waals surface area contributed by atoms with Gasteiger partial charge in [-0.15, -0.1) is 0 Å². The summed E-state index contributed by atoms with van der Waals surface area (Å²) in [5, 5.41) is 8.70. The van der Waals surface area contributed by atoms with Crippen LogP contribution in [0.15, 0.2) is 72.8 Å². The highest BCUT2D eigenvalue weighted by atomic mass is 15.3. The molecule has 2 aromatic carbocycles. The Labute approximate surface area is 154 Å². The zero-order chi connectivity index (χ0) is 18.5. The van der Waals surface area contributed by atoms with Crippen molar-refractivity contribution in [1.82, 2.24) is 19.6 Å². The minimum atomic E-state index is 1.04. The Kier molecular flexibility index (Phi) is 5.32. The topological polar surface area (TPSA) is 35.6 Å². The van der Waals surface area contributed by atoms with Crippen molar-refractivity contribution in [3.05, 3.63) is 84.2 Å². The Bertz CT molecular complexity index is 947. The number of rotatable bonds is 2. The summed E-state index contributed by atoms with van der Waals surface area (Å²) in [5.41, 5.74) is 6.83. The predicted octanol–water partition coefficient (Wildman–Crippen LogP) is 4.79. The second-order valence-corrected chi connectivity index (χ2v) is 6.32. The normalized spacial score (nSPS) is 10.3. The molecular weight excluding hydrogens is 320 g/mol. The van der Waals surface area contributed by atoms with Gasteiger partial charge in [0.05, 0.1) is 17.1 Å². The van der Waals surface area contributed by atoms with Gasteiger partial charge in [0.25, 0.3) is 0 Å². The molecule has 0 saturated carbocycles. The molecule has 2 aromatic heterocycles. The lowest BCUT2D eigenvalue weighted by molar-refractivity contribution is 0.743. The molecule has 2 heterocycles. The molecule has 4 heteroatoms. The monoisotopic (exact) mass is 344 g/mol. The van der Waals surface area contributed by atoms with Gasteiger partial charge in [-0.3, -0.25) is 9.36 Å². The zero-order valence-corrected chi connectivity index (χ0v) is 15.7. The number of hydrogen-bond acceptors (Lipinski definition) is 2. The molecule has 0 aliphatic carbocycles. The molecule has 4 rings (SSSR count). The van der Waals surface area contributed by atoms with E-state index in [0.29, 0.717) is 0 Å². The van der Waals surface area contributed by atoms with Crippen molar-refractivity contribution in [2.24, 2.45) is 14.1 Å². The van der Waals surface area contributed by atoms with Crippen LogP contribution in [0.4, 0.5) is 0 Å². The van der Waals surface area contributed by atoms with Gasteiger partial charge in [0.15, 0.2) is 0 Å². The molecule has 0 bridgehead atoms. The lowest BCUT2D eigenvalue weighted by Crippen LogP contribution is -1.93. The van der Waals surface area contributed by atoms with Crippen LogP contribution in [-0.2, 0) is 14.1 Å². The van der Waals surface area contributed by atoms with Crippen LogP contribution in [-0.4, -0.2) is 19.6 Å². The van der Waals surface area contributed by atoms with Crippen molar-refractivity contribution in [3.63, 3.8) is 0 Å². The van der Waals surface area contributed by atoms with Gasteiger partial charge in [0.2, 0.25) is 0 Å². The molecule has 26 heavy (non-hydrogen) atoms. The molecule has 4 nitrogen and oxygen atoms in total. The van der Waals surface area contributed by atoms with Crippen molar-refractivity contribution in [2.45, 2.75) is 13.8 Å². The molecule has 0 fully saturated rings. The molecular formula is C22H24N4. The second kappa shape index (κ2) is 7.83. The van der Waals surface area contributed by atoms with Crippen molar-refractivity contribution in [3.8, 4) is 22.5 Å². The molecule has 0 aliphatic heterocycles. The minimum absolute atomic E-state index is 1.04. The zero-order valence-electron chi connectivity index (χ0n) is 15.7. The van der Waals surface area contributed by atoms with Crippen molar-refractivity contribution in [1.29, 1.82) is 0 Å². The van der Waals surface area contributed by atoms with E-state index in [1.807, 2.05) is 66.8 Å². The van der Waals surface area contributed by atoms with Gasteiger partial charge in [-0.2, -0.15) is 10.2 Å². The van der Waals surface area contributed by atoms with E-state index in [0.717, 1.165) is 17.1 Å². The fourth-order valence-corrected chi connectivity index (χ4v) is 2.80. The molecule has 0 radical (unpaired) electrons. The van der Waals surface area contributed by atoms with Crippen LogP contribution in [0.5, 0.6) is 0 Å². The van der Waals surface area contributed by atoms with E-state index in [1.165, 1.54) is 16.8 Å². The maximum absolute atomic E-state index is 4.40. The molecule has 0 spiro atoms. The molecule has 0 unspecified atom stereocenters. The Morgan fingerprint density at radius 3 is 1.69 bits per heavy atom. The van der Waals surface area contributed by atoms with Crippen LogP contribution >= 0.6 is 0 Å². The largest absolute Gasteiger partial charge is 0.272 e. The highest BCUT2D eigenvalue weighted by Gasteiger charge is 2.03. The smallest absolute Gasteiger partial charge is 0.0925 e. The summed E-state index contributed by atoms with van der Waals surface area (Å²) in [6.45, 7) is 4.06. The highest BCUT2D eigenvalue weighted by molar-refractivity contribution is 5.60. The maximum Gasteiger partial charge on any atom is 0.0925 e. The van der Waals surface area contributed by atoms with E-state index in [9.17, 15) is 0 Å². The fraction of sp³-hybridized carbons (Fsp3) is 0.182. The summed E-state index contributed by atoms with van der Waals surface area (Å²) in [4.78, 5) is 0. The minimum Gasteiger partial charge on any atom is -0.272 e. The van der Waals surface area contributed by atoms with Gasteiger partial charge < -0.3 is 0 Å². The van der Waals surface area contributed by atoms with E-state index in [2.05, 4.69) is 53.5 Å². The molecule has 132 valence electrons. The fourth-order valence-electron chi connectivity index (χ4n) is 2.80. The summed E-state index contributed by atoms with van der Waals surface area (Å²) >= 11 is 0. The summed E-state index contributed by atoms with van der Waals surface area (Å²) < 4.78 is 3.80. The SMILES string of the molecule is Cc1cc(-c2ccccc2)n(C)n1.Cc1cc(-c2ccccc2)nn1C. The van der Waals surface area contributed by atoms with Gasteiger partial charge in [0, 0.05) is 25.4 Å². The second-order valence-electron chi connectivity index (χ2n) is 6.32. The van der Waals surface area contributed by atoms with Gasteiger partial charge >= 0.3 is 0 Å². The summed E-state index contributed by atoms with van der Waals surface area (Å²) in [7, 11) is 3.93. The van der Waals surface area contributed by atoms with E-state index in [1.54, 1.807) is 0 Å². The first kappa shape index (κ1) is 17.7. The first-order chi connectivity index (χ1) is 12.5. The third-order valence-electron chi connectivity index (χ3n) is 4.25. The summed E-state index contributed by atoms with van der Waals surface area (Å²) in [6, 6.07) is 24.7. The molecule has 0 aliphatic rings. The van der Waals surface area contributed by atoms with E-state index >= 15 is 0 Å². The summed E-state index contributed by atoms with van der Waals surface area (Å²) in [5.74, 6) is 0. The lowest BCUT2D eigenvalue weighted by atomic mass is 10.1. The van der Waals surface area contributed by atoms with Gasteiger partial charge in [-0.1, -0.05) is 60.7 Å². The van der Waals surface area contributed by atoms with Gasteiger partial charge in [-0.05, 0) is 31.5 Å². The Balaban J connectivity index is 0.000000151. The van der Waals surface area contributed by atoms with E-state index < -0.39 is 0 Å². The molecule has 0 amide bonds.